The highest BCUT2D eigenvalue weighted by molar-refractivity contribution is 5.78. The van der Waals surface area contributed by atoms with Crippen LogP contribution in [0.2, 0.25) is 0 Å². The van der Waals surface area contributed by atoms with Crippen LogP contribution < -0.4 is 4.90 Å². The normalized spacial score (nSPS) is 17.7. The predicted molar refractivity (Wildman–Crippen MR) is 122 cm³/mol. The monoisotopic (exact) mass is 475 g/mol. The molecule has 4 heterocycles. The van der Waals surface area contributed by atoms with Crippen molar-refractivity contribution in [1.82, 2.24) is 39.6 Å². The molecule has 178 valence electrons. The third kappa shape index (κ3) is 4.37. The zero-order chi connectivity index (χ0) is 24.5. The van der Waals surface area contributed by atoms with Crippen LogP contribution in [0.15, 0.2) is 29.6 Å². The number of hydrogen-bond donors (Lipinski definition) is 0. The fraction of sp³-hybridized carbons (Fsp3) is 0.364. The molecule has 2 amide bonds. The first kappa shape index (κ1) is 22.3. The number of aryl methyl sites for hydroxylation is 2. The second-order valence-electron chi connectivity index (χ2n) is 8.24. The summed E-state index contributed by atoms with van der Waals surface area (Å²) in [4.78, 5) is 34.2. The summed E-state index contributed by atoms with van der Waals surface area (Å²) < 4.78 is 15.5. The molecule has 2 aliphatic rings. The van der Waals surface area contributed by atoms with Crippen LogP contribution in [0.25, 0.3) is 5.95 Å². The Morgan fingerprint density at radius 1 is 1.09 bits per heavy atom. The second-order valence-corrected chi connectivity index (χ2v) is 8.24. The Balaban J connectivity index is 1.27. The fourth-order valence-corrected chi connectivity index (χ4v) is 4.23. The Morgan fingerprint density at radius 3 is 2.57 bits per heavy atom. The van der Waals surface area contributed by atoms with Crippen LogP contribution in [0.4, 0.5) is 15.1 Å². The van der Waals surface area contributed by atoms with Gasteiger partial charge in [0.1, 0.15) is 23.8 Å². The van der Waals surface area contributed by atoms with Gasteiger partial charge in [-0.15, -0.1) is 5.10 Å². The molecular weight excluding hydrogens is 453 g/mol. The molecule has 35 heavy (non-hydrogen) atoms. The van der Waals surface area contributed by atoms with E-state index in [1.807, 2.05) is 17.9 Å². The first-order chi connectivity index (χ1) is 16.9. The summed E-state index contributed by atoms with van der Waals surface area (Å²) in [6, 6.07) is 5.34. The third-order valence-electron chi connectivity index (χ3n) is 5.90. The van der Waals surface area contributed by atoms with Crippen LogP contribution in [-0.4, -0.2) is 78.0 Å². The van der Waals surface area contributed by atoms with Gasteiger partial charge in [0.2, 0.25) is 5.95 Å². The minimum Gasteiger partial charge on any atom is -0.337 e. The highest BCUT2D eigenvalue weighted by Crippen LogP contribution is 2.30. The number of hydrogen-bond acceptors (Lipinski definition) is 9. The van der Waals surface area contributed by atoms with Crippen LogP contribution in [0.3, 0.4) is 0 Å². The number of nitriles is 1. The third-order valence-corrected chi connectivity index (χ3v) is 5.90. The standard InChI is InChI=1S/C22H22FN11O/c1-14-28-15(2)33(30-14)21-26-13-25-20(29-21)31-5-7-32(8-6-31)22(35)34-19(3-4-27-34)17-9-16(12-24)10-18(23)11-17/h4,9-11,13,19H,3,5-8H2,1-2H3. The molecule has 3 aromatic rings. The lowest BCUT2D eigenvalue weighted by Crippen LogP contribution is -2.52. The molecule has 1 fully saturated rings. The fourth-order valence-electron chi connectivity index (χ4n) is 4.23. The van der Waals surface area contributed by atoms with Gasteiger partial charge in [-0.2, -0.15) is 25.0 Å². The van der Waals surface area contributed by atoms with Gasteiger partial charge in [0.15, 0.2) is 0 Å². The Kier molecular flexibility index (Phi) is 5.77. The van der Waals surface area contributed by atoms with Crippen molar-refractivity contribution in [2.75, 3.05) is 31.1 Å². The number of amides is 2. The lowest BCUT2D eigenvalue weighted by Gasteiger charge is -2.37. The summed E-state index contributed by atoms with van der Waals surface area (Å²) in [5, 5.41) is 19.1. The number of carbonyl (C=O) groups is 1. The van der Waals surface area contributed by atoms with Gasteiger partial charge in [-0.3, -0.25) is 0 Å². The molecule has 1 aromatic carbocycles. The lowest BCUT2D eigenvalue weighted by atomic mass is 10.0. The molecule has 1 unspecified atom stereocenters. The molecule has 2 aliphatic heterocycles. The summed E-state index contributed by atoms with van der Waals surface area (Å²) in [5.41, 5.74) is 0.753. The number of aromatic nitrogens is 6. The topological polar surface area (TPSA) is 132 Å². The number of anilines is 1. The van der Waals surface area contributed by atoms with E-state index >= 15 is 0 Å². The quantitative estimate of drug-likeness (QED) is 0.560. The lowest BCUT2D eigenvalue weighted by molar-refractivity contribution is 0.139. The number of nitrogens with zero attached hydrogens (tertiary/aromatic N) is 11. The molecular formula is C22H22FN11O. The maximum Gasteiger partial charge on any atom is 0.341 e. The van der Waals surface area contributed by atoms with E-state index in [4.69, 9.17) is 5.26 Å². The summed E-state index contributed by atoms with van der Waals surface area (Å²) in [7, 11) is 0. The minimum atomic E-state index is -0.514. The first-order valence-electron chi connectivity index (χ1n) is 11.1. The average molecular weight is 475 g/mol. The van der Waals surface area contributed by atoms with E-state index in [0.29, 0.717) is 61.7 Å². The Hall–Kier alpha value is -4.47. The maximum atomic E-state index is 14.0. The second kappa shape index (κ2) is 9.05. The van der Waals surface area contributed by atoms with E-state index in [1.165, 1.54) is 23.5 Å². The van der Waals surface area contributed by atoms with Gasteiger partial charge in [-0.25, -0.2) is 24.2 Å². The average Bonchev–Trinajstić information content (AvgIpc) is 3.49. The van der Waals surface area contributed by atoms with Crippen LogP contribution in [0.1, 0.15) is 35.2 Å². The minimum absolute atomic E-state index is 0.209. The van der Waals surface area contributed by atoms with Gasteiger partial charge < -0.3 is 9.80 Å². The van der Waals surface area contributed by atoms with Gasteiger partial charge in [0, 0.05) is 38.8 Å². The molecule has 0 bridgehead atoms. The summed E-state index contributed by atoms with van der Waals surface area (Å²) >= 11 is 0. The van der Waals surface area contributed by atoms with Crippen molar-refractivity contribution in [3.8, 4) is 12.0 Å². The Labute approximate surface area is 200 Å². The van der Waals surface area contributed by atoms with Gasteiger partial charge >= 0.3 is 6.03 Å². The van der Waals surface area contributed by atoms with E-state index in [-0.39, 0.29) is 11.6 Å². The van der Waals surface area contributed by atoms with Crippen LogP contribution >= 0.6 is 0 Å². The van der Waals surface area contributed by atoms with Crippen molar-refractivity contribution in [3.05, 3.63) is 53.1 Å². The Bertz CT molecular complexity index is 1340. The van der Waals surface area contributed by atoms with Crippen molar-refractivity contribution in [1.29, 1.82) is 5.26 Å². The molecule has 0 saturated carbocycles. The first-order valence-corrected chi connectivity index (χ1v) is 11.1. The zero-order valence-corrected chi connectivity index (χ0v) is 19.2. The van der Waals surface area contributed by atoms with Gasteiger partial charge in [-0.1, -0.05) is 0 Å². The van der Waals surface area contributed by atoms with Crippen molar-refractivity contribution in [2.45, 2.75) is 26.3 Å². The van der Waals surface area contributed by atoms with Crippen LogP contribution in [-0.2, 0) is 0 Å². The number of piperazine rings is 1. The highest BCUT2D eigenvalue weighted by Gasteiger charge is 2.34. The van der Waals surface area contributed by atoms with E-state index in [1.54, 1.807) is 28.8 Å². The largest absolute Gasteiger partial charge is 0.341 e. The van der Waals surface area contributed by atoms with Crippen molar-refractivity contribution in [3.63, 3.8) is 0 Å². The van der Waals surface area contributed by atoms with E-state index in [0.717, 1.165) is 0 Å². The van der Waals surface area contributed by atoms with Crippen LogP contribution in [0.5, 0.6) is 0 Å². The smallest absolute Gasteiger partial charge is 0.337 e. The molecule has 1 atom stereocenters. The highest BCUT2D eigenvalue weighted by atomic mass is 19.1. The summed E-state index contributed by atoms with van der Waals surface area (Å²) in [6.45, 7) is 5.54. The van der Waals surface area contributed by atoms with E-state index < -0.39 is 11.9 Å². The Morgan fingerprint density at radius 2 is 1.86 bits per heavy atom. The summed E-state index contributed by atoms with van der Waals surface area (Å²) in [6.07, 6.45) is 3.52. The SMILES string of the molecule is Cc1nc(C)n(-c2ncnc(N3CCN(C(=O)N4N=CCC4c4cc(F)cc(C#N)c4)CC3)n2)n1. The van der Waals surface area contributed by atoms with Crippen molar-refractivity contribution in [2.24, 2.45) is 5.10 Å². The van der Waals surface area contributed by atoms with Crippen LogP contribution in [0, 0.1) is 31.0 Å². The van der Waals surface area contributed by atoms with E-state index in [2.05, 4.69) is 30.1 Å². The van der Waals surface area contributed by atoms with Crippen molar-refractivity contribution < 1.29 is 9.18 Å². The molecule has 0 radical (unpaired) electrons. The molecule has 0 spiro atoms. The van der Waals surface area contributed by atoms with Gasteiger partial charge in [0.05, 0.1) is 17.7 Å². The number of hydrazone groups is 1. The van der Waals surface area contributed by atoms with Crippen molar-refractivity contribution >= 4 is 18.2 Å². The molecule has 2 aromatic heterocycles. The van der Waals surface area contributed by atoms with Gasteiger partial charge in [0.25, 0.3) is 5.95 Å². The predicted octanol–water partition coefficient (Wildman–Crippen LogP) is 1.75. The summed E-state index contributed by atoms with van der Waals surface area (Å²) in [5.74, 6) is 1.67. The number of urea groups is 1. The molecule has 12 nitrogen and oxygen atoms in total. The molecule has 13 heteroatoms. The molecule has 0 aliphatic carbocycles. The number of benzene rings is 1. The van der Waals surface area contributed by atoms with Gasteiger partial charge in [-0.05, 0) is 37.6 Å². The molecule has 0 N–H and O–H groups in total. The maximum absolute atomic E-state index is 14.0. The number of carbonyl (C=O) groups excluding carboxylic acids is 1. The molecule has 5 rings (SSSR count). The van der Waals surface area contributed by atoms with E-state index in [9.17, 15) is 9.18 Å². The number of halogens is 1. The zero-order valence-electron chi connectivity index (χ0n) is 19.2. The molecule has 1 saturated heterocycles. The number of rotatable bonds is 3.